The topological polar surface area (TPSA) is 61.8 Å². The summed E-state index contributed by atoms with van der Waals surface area (Å²) in [5, 5.41) is 3.38. The number of likely N-dealkylation sites (tertiary alicyclic amines) is 1. The summed E-state index contributed by atoms with van der Waals surface area (Å²) in [6.07, 6.45) is 3.68. The Balaban J connectivity index is 0.00000312. The van der Waals surface area contributed by atoms with Crippen LogP contribution in [0.4, 0.5) is 0 Å². The molecular weight excluding hydrogens is 449 g/mol. The van der Waals surface area contributed by atoms with Crippen LogP contribution in [0.5, 0.6) is 0 Å². The first kappa shape index (κ1) is 22.2. The number of guanidine groups is 1. The Bertz CT molecular complexity index is 651. The lowest BCUT2D eigenvalue weighted by molar-refractivity contribution is 0.273. The van der Waals surface area contributed by atoms with Crippen molar-refractivity contribution in [2.45, 2.75) is 39.0 Å². The molecule has 1 aromatic rings. The Morgan fingerprint density at radius 3 is 2.28 bits per heavy atom. The number of nitrogens with zero attached hydrogens (tertiary/aromatic N) is 2. The van der Waals surface area contributed by atoms with Crippen molar-refractivity contribution in [3.8, 4) is 0 Å². The maximum Gasteiger partial charge on any atom is 0.194 e. The monoisotopic (exact) mass is 479 g/mol. The van der Waals surface area contributed by atoms with Gasteiger partial charge in [0.2, 0.25) is 0 Å². The normalized spacial score (nSPS) is 16.4. The van der Waals surface area contributed by atoms with Gasteiger partial charge in [0.1, 0.15) is 0 Å². The van der Waals surface area contributed by atoms with E-state index in [9.17, 15) is 8.42 Å². The fourth-order valence-corrected chi connectivity index (χ4v) is 3.65. The van der Waals surface area contributed by atoms with Crippen molar-refractivity contribution in [1.82, 2.24) is 10.2 Å². The Labute approximate surface area is 169 Å². The van der Waals surface area contributed by atoms with Crippen LogP contribution in [0.2, 0.25) is 0 Å². The molecule has 0 aromatic heterocycles. The van der Waals surface area contributed by atoms with Crippen molar-refractivity contribution in [3.05, 3.63) is 35.4 Å². The molecule has 7 heteroatoms. The van der Waals surface area contributed by atoms with Crippen LogP contribution in [0.3, 0.4) is 0 Å². The van der Waals surface area contributed by atoms with Gasteiger partial charge in [-0.15, -0.1) is 24.0 Å². The van der Waals surface area contributed by atoms with Gasteiger partial charge in [-0.05, 0) is 36.8 Å². The number of nitrogens with one attached hydrogen (secondary N) is 1. The van der Waals surface area contributed by atoms with Crippen molar-refractivity contribution < 1.29 is 8.42 Å². The zero-order valence-corrected chi connectivity index (χ0v) is 18.5. The fraction of sp³-hybridized carbons (Fsp3) is 0.611. The van der Waals surface area contributed by atoms with Crippen LogP contribution in [0.25, 0.3) is 0 Å². The predicted molar refractivity (Wildman–Crippen MR) is 115 cm³/mol. The van der Waals surface area contributed by atoms with Crippen molar-refractivity contribution >= 4 is 39.8 Å². The van der Waals surface area contributed by atoms with Gasteiger partial charge in [0.15, 0.2) is 15.8 Å². The molecule has 1 aliphatic heterocycles. The molecule has 1 aromatic carbocycles. The van der Waals surface area contributed by atoms with E-state index in [2.05, 4.69) is 24.1 Å². The highest BCUT2D eigenvalue weighted by Gasteiger charge is 2.18. The first-order valence-electron chi connectivity index (χ1n) is 8.66. The molecule has 1 heterocycles. The van der Waals surface area contributed by atoms with E-state index in [4.69, 9.17) is 4.99 Å². The van der Waals surface area contributed by atoms with Crippen LogP contribution in [-0.4, -0.2) is 45.2 Å². The number of hydrogen-bond donors (Lipinski definition) is 1. The number of aliphatic imine (C=N–C) groups is 1. The Kier molecular flexibility index (Phi) is 9.20. The smallest absolute Gasteiger partial charge is 0.194 e. The standard InChI is InChI=1S/C18H29N3O2S.HI/c1-4-19-18(21-11-9-15(2)10-12-21)20-13-16-5-7-17(8-6-16)14-24(3,22)23;/h5-8,15H,4,9-14H2,1-3H3,(H,19,20);1H. The quantitative estimate of drug-likeness (QED) is 0.401. The van der Waals surface area contributed by atoms with Gasteiger partial charge in [-0.1, -0.05) is 31.2 Å². The molecule has 2 rings (SSSR count). The fourth-order valence-electron chi connectivity index (χ4n) is 2.86. The Morgan fingerprint density at radius 1 is 1.20 bits per heavy atom. The molecule has 0 bridgehead atoms. The third-order valence-electron chi connectivity index (χ3n) is 4.28. The number of sulfone groups is 1. The van der Waals surface area contributed by atoms with Crippen molar-refractivity contribution in [2.24, 2.45) is 10.9 Å². The average molecular weight is 479 g/mol. The summed E-state index contributed by atoms with van der Waals surface area (Å²) >= 11 is 0. The van der Waals surface area contributed by atoms with E-state index >= 15 is 0 Å². The van der Waals surface area contributed by atoms with Gasteiger partial charge < -0.3 is 10.2 Å². The van der Waals surface area contributed by atoms with E-state index in [1.54, 1.807) is 0 Å². The van der Waals surface area contributed by atoms with Gasteiger partial charge in [-0.25, -0.2) is 13.4 Å². The highest BCUT2D eigenvalue weighted by atomic mass is 127. The lowest BCUT2D eigenvalue weighted by atomic mass is 10.00. The number of halogens is 1. The summed E-state index contributed by atoms with van der Waals surface area (Å²) in [6, 6.07) is 7.68. The van der Waals surface area contributed by atoms with Crippen LogP contribution in [0.1, 0.15) is 37.8 Å². The molecule has 0 unspecified atom stereocenters. The van der Waals surface area contributed by atoms with Crippen LogP contribution in [0, 0.1) is 5.92 Å². The van der Waals surface area contributed by atoms with Gasteiger partial charge >= 0.3 is 0 Å². The van der Waals surface area contributed by atoms with Crippen molar-refractivity contribution in [1.29, 1.82) is 0 Å². The summed E-state index contributed by atoms with van der Waals surface area (Å²) in [6.45, 7) is 7.97. The zero-order valence-electron chi connectivity index (χ0n) is 15.4. The van der Waals surface area contributed by atoms with E-state index in [-0.39, 0.29) is 29.7 Å². The minimum atomic E-state index is -2.99. The number of hydrogen-bond acceptors (Lipinski definition) is 3. The van der Waals surface area contributed by atoms with E-state index < -0.39 is 9.84 Å². The molecule has 0 spiro atoms. The van der Waals surface area contributed by atoms with Gasteiger partial charge in [0, 0.05) is 25.9 Å². The summed E-state index contributed by atoms with van der Waals surface area (Å²) in [4.78, 5) is 7.08. The van der Waals surface area contributed by atoms with E-state index in [0.717, 1.165) is 42.6 Å². The molecule has 0 saturated carbocycles. The molecule has 0 radical (unpaired) electrons. The largest absolute Gasteiger partial charge is 0.357 e. The third kappa shape index (κ3) is 7.94. The molecule has 142 valence electrons. The second-order valence-electron chi connectivity index (χ2n) is 6.73. The lowest BCUT2D eigenvalue weighted by Crippen LogP contribution is -2.45. The molecule has 1 aliphatic rings. The number of rotatable bonds is 5. The van der Waals surface area contributed by atoms with Crippen molar-refractivity contribution in [2.75, 3.05) is 25.9 Å². The maximum atomic E-state index is 11.3. The molecule has 0 atom stereocenters. The van der Waals surface area contributed by atoms with Gasteiger partial charge in [-0.2, -0.15) is 0 Å². The maximum absolute atomic E-state index is 11.3. The first-order chi connectivity index (χ1) is 11.4. The van der Waals surface area contributed by atoms with Gasteiger partial charge in [-0.3, -0.25) is 0 Å². The average Bonchev–Trinajstić information content (AvgIpc) is 2.52. The molecule has 0 aliphatic carbocycles. The minimum Gasteiger partial charge on any atom is -0.357 e. The molecular formula is C18H30IN3O2S. The summed E-state index contributed by atoms with van der Waals surface area (Å²) in [5.41, 5.74) is 1.91. The highest BCUT2D eigenvalue weighted by Crippen LogP contribution is 2.16. The van der Waals surface area contributed by atoms with Crippen LogP contribution >= 0.6 is 24.0 Å². The van der Waals surface area contributed by atoms with E-state index in [1.807, 2.05) is 24.3 Å². The van der Waals surface area contributed by atoms with Crippen molar-refractivity contribution in [3.63, 3.8) is 0 Å². The second-order valence-corrected chi connectivity index (χ2v) is 8.87. The van der Waals surface area contributed by atoms with Crippen LogP contribution in [0.15, 0.2) is 29.3 Å². The molecule has 25 heavy (non-hydrogen) atoms. The van der Waals surface area contributed by atoms with E-state index in [0.29, 0.717) is 6.54 Å². The number of piperidine rings is 1. The lowest BCUT2D eigenvalue weighted by Gasteiger charge is -2.33. The first-order valence-corrected chi connectivity index (χ1v) is 10.7. The second kappa shape index (κ2) is 10.4. The summed E-state index contributed by atoms with van der Waals surface area (Å²) in [5.74, 6) is 1.86. The molecule has 1 saturated heterocycles. The third-order valence-corrected chi connectivity index (χ3v) is 5.14. The van der Waals surface area contributed by atoms with E-state index in [1.165, 1.54) is 19.1 Å². The molecule has 1 N–H and O–H groups in total. The Hall–Kier alpha value is -0.830. The van der Waals surface area contributed by atoms with Crippen LogP contribution in [-0.2, 0) is 22.1 Å². The van der Waals surface area contributed by atoms with Gasteiger partial charge in [0.25, 0.3) is 0 Å². The summed E-state index contributed by atoms with van der Waals surface area (Å²) in [7, 11) is -2.99. The highest BCUT2D eigenvalue weighted by molar-refractivity contribution is 14.0. The SMILES string of the molecule is CCNC(=NCc1ccc(CS(C)(=O)=O)cc1)N1CCC(C)CC1.I. The minimum absolute atomic E-state index is 0. The molecule has 5 nitrogen and oxygen atoms in total. The molecule has 1 fully saturated rings. The zero-order chi connectivity index (χ0) is 17.6. The summed E-state index contributed by atoms with van der Waals surface area (Å²) < 4.78 is 22.7. The van der Waals surface area contributed by atoms with Crippen LogP contribution < -0.4 is 5.32 Å². The number of benzene rings is 1. The Morgan fingerprint density at radius 2 is 1.76 bits per heavy atom. The predicted octanol–water partition coefficient (Wildman–Crippen LogP) is 3.05. The molecule has 0 amide bonds. The van der Waals surface area contributed by atoms with Gasteiger partial charge in [0.05, 0.1) is 12.3 Å².